The van der Waals surface area contributed by atoms with Crippen LogP contribution >= 0.6 is 34.3 Å². The van der Waals surface area contributed by atoms with Crippen molar-refractivity contribution in [1.82, 2.24) is 9.97 Å². The molecule has 3 aromatic heterocycles. The predicted octanol–water partition coefficient (Wildman–Crippen LogP) is 5.65. The number of carbonyl (C=O) groups is 1. The lowest BCUT2D eigenvalue weighted by molar-refractivity contribution is 0.0595. The van der Waals surface area contributed by atoms with Crippen LogP contribution in [0, 0.1) is 0 Å². The van der Waals surface area contributed by atoms with Crippen molar-refractivity contribution in [2.45, 2.75) is 0 Å². The standard InChI is InChI=1S/C18H11ClN2O3S2/c1-23-18(22)13-9-25-17(21-13)15-6-12-14(7-20-8-16(12)26-15)24-11-4-2-10(19)3-5-11/h2-9H,1H3. The van der Waals surface area contributed by atoms with Gasteiger partial charge in [0.15, 0.2) is 11.4 Å². The molecule has 3 heterocycles. The van der Waals surface area contributed by atoms with Crippen molar-refractivity contribution in [1.29, 1.82) is 0 Å². The number of ether oxygens (including phenoxy) is 2. The molecule has 4 aromatic rings. The molecule has 0 fully saturated rings. The number of nitrogens with zero attached hydrogens (tertiary/aromatic N) is 2. The van der Waals surface area contributed by atoms with Gasteiger partial charge >= 0.3 is 5.97 Å². The molecule has 0 radical (unpaired) electrons. The zero-order chi connectivity index (χ0) is 18.1. The van der Waals surface area contributed by atoms with Crippen LogP contribution in [-0.4, -0.2) is 23.0 Å². The highest BCUT2D eigenvalue weighted by atomic mass is 35.5. The Kier molecular flexibility index (Phi) is 4.58. The van der Waals surface area contributed by atoms with Crippen LogP contribution in [0.25, 0.3) is 20.0 Å². The quantitative estimate of drug-likeness (QED) is 0.412. The van der Waals surface area contributed by atoms with Crippen LogP contribution in [0.4, 0.5) is 0 Å². The van der Waals surface area contributed by atoms with Gasteiger partial charge in [-0.05, 0) is 30.3 Å². The molecule has 8 heteroatoms. The molecule has 26 heavy (non-hydrogen) atoms. The lowest BCUT2D eigenvalue weighted by atomic mass is 10.3. The zero-order valence-corrected chi connectivity index (χ0v) is 15.8. The van der Waals surface area contributed by atoms with Gasteiger partial charge in [0.25, 0.3) is 0 Å². The molecule has 0 N–H and O–H groups in total. The number of halogens is 1. The summed E-state index contributed by atoms with van der Waals surface area (Å²) in [5.74, 6) is 0.887. The molecule has 0 saturated heterocycles. The van der Waals surface area contributed by atoms with Gasteiger partial charge < -0.3 is 9.47 Å². The molecular weight excluding hydrogens is 392 g/mol. The van der Waals surface area contributed by atoms with E-state index >= 15 is 0 Å². The number of esters is 1. The first-order valence-corrected chi connectivity index (χ1v) is 9.56. The van der Waals surface area contributed by atoms with E-state index in [4.69, 9.17) is 21.1 Å². The van der Waals surface area contributed by atoms with Gasteiger partial charge in [-0.1, -0.05) is 11.6 Å². The molecule has 4 rings (SSSR count). The third-order valence-corrected chi connectivity index (χ3v) is 5.89. The van der Waals surface area contributed by atoms with E-state index in [1.54, 1.807) is 53.4 Å². The highest BCUT2D eigenvalue weighted by Gasteiger charge is 2.15. The number of hydrogen-bond donors (Lipinski definition) is 0. The Morgan fingerprint density at radius 2 is 2.00 bits per heavy atom. The summed E-state index contributed by atoms with van der Waals surface area (Å²) >= 11 is 8.85. The minimum absolute atomic E-state index is 0.306. The second kappa shape index (κ2) is 7.03. The number of aromatic nitrogens is 2. The van der Waals surface area contributed by atoms with Crippen molar-refractivity contribution in [2.75, 3.05) is 7.11 Å². The Morgan fingerprint density at radius 3 is 2.77 bits per heavy atom. The fourth-order valence-corrected chi connectivity index (χ4v) is 4.36. The second-order valence-corrected chi connectivity index (χ2v) is 7.62. The number of hydrogen-bond acceptors (Lipinski definition) is 7. The number of fused-ring (bicyclic) bond motifs is 1. The SMILES string of the molecule is COC(=O)c1csc(-c2cc3c(Oc4ccc(Cl)cc4)cncc3s2)n1. The maximum absolute atomic E-state index is 11.6. The van der Waals surface area contributed by atoms with Crippen LogP contribution in [0.1, 0.15) is 10.5 Å². The Hall–Kier alpha value is -2.48. The molecule has 0 aliphatic carbocycles. The van der Waals surface area contributed by atoms with Crippen molar-refractivity contribution in [2.24, 2.45) is 0 Å². The molecule has 0 bridgehead atoms. The molecule has 1 aromatic carbocycles. The Balaban J connectivity index is 1.70. The van der Waals surface area contributed by atoms with Crippen molar-refractivity contribution < 1.29 is 14.3 Å². The number of thiazole rings is 1. The zero-order valence-electron chi connectivity index (χ0n) is 13.4. The maximum Gasteiger partial charge on any atom is 0.357 e. The second-order valence-electron chi connectivity index (χ2n) is 5.25. The van der Waals surface area contributed by atoms with E-state index in [0.717, 1.165) is 20.0 Å². The van der Waals surface area contributed by atoms with Gasteiger partial charge in [-0.15, -0.1) is 22.7 Å². The molecule has 5 nitrogen and oxygen atoms in total. The fourth-order valence-electron chi connectivity index (χ4n) is 2.34. The summed E-state index contributed by atoms with van der Waals surface area (Å²) in [6, 6.07) is 9.14. The number of methoxy groups -OCH3 is 1. The molecular formula is C18H11ClN2O3S2. The normalized spacial score (nSPS) is 10.8. The summed E-state index contributed by atoms with van der Waals surface area (Å²) in [4.78, 5) is 21.1. The lowest BCUT2D eigenvalue weighted by Crippen LogP contribution is -2.00. The van der Waals surface area contributed by atoms with Gasteiger partial charge in [-0.25, -0.2) is 9.78 Å². The molecule has 0 amide bonds. The van der Waals surface area contributed by atoms with E-state index in [-0.39, 0.29) is 0 Å². The smallest absolute Gasteiger partial charge is 0.357 e. The Morgan fingerprint density at radius 1 is 1.19 bits per heavy atom. The van der Waals surface area contributed by atoms with E-state index < -0.39 is 5.97 Å². The van der Waals surface area contributed by atoms with E-state index in [1.165, 1.54) is 18.4 Å². The van der Waals surface area contributed by atoms with Crippen molar-refractivity contribution in [3.8, 4) is 21.4 Å². The van der Waals surface area contributed by atoms with Crippen LogP contribution < -0.4 is 4.74 Å². The summed E-state index contributed by atoms with van der Waals surface area (Å²) < 4.78 is 11.6. The largest absolute Gasteiger partial charge is 0.464 e. The lowest BCUT2D eigenvalue weighted by Gasteiger charge is -2.06. The van der Waals surface area contributed by atoms with Crippen molar-refractivity contribution in [3.05, 3.63) is 58.8 Å². The van der Waals surface area contributed by atoms with Gasteiger partial charge in [0.2, 0.25) is 0 Å². The van der Waals surface area contributed by atoms with E-state index in [1.807, 2.05) is 6.07 Å². The fraction of sp³-hybridized carbons (Fsp3) is 0.0556. The van der Waals surface area contributed by atoms with Crippen LogP contribution in [0.5, 0.6) is 11.5 Å². The topological polar surface area (TPSA) is 61.3 Å². The summed E-state index contributed by atoms with van der Waals surface area (Å²) in [5.41, 5.74) is 0.306. The van der Waals surface area contributed by atoms with Crippen molar-refractivity contribution >= 4 is 50.3 Å². The van der Waals surface area contributed by atoms with Gasteiger partial charge in [-0.3, -0.25) is 4.98 Å². The molecule has 0 aliphatic heterocycles. The number of pyridine rings is 1. The van der Waals surface area contributed by atoms with E-state index in [9.17, 15) is 4.79 Å². The Labute approximate surface area is 161 Å². The van der Waals surface area contributed by atoms with Crippen LogP contribution in [0.2, 0.25) is 5.02 Å². The van der Waals surface area contributed by atoms with Crippen LogP contribution in [0.15, 0.2) is 48.1 Å². The third kappa shape index (κ3) is 3.29. The molecule has 0 atom stereocenters. The first kappa shape index (κ1) is 17.0. The molecule has 0 aliphatic rings. The highest BCUT2D eigenvalue weighted by Crippen LogP contribution is 2.39. The maximum atomic E-state index is 11.6. The summed E-state index contributed by atoms with van der Waals surface area (Å²) in [7, 11) is 1.34. The monoisotopic (exact) mass is 402 g/mol. The van der Waals surface area contributed by atoms with Gasteiger partial charge in [0.1, 0.15) is 10.8 Å². The van der Waals surface area contributed by atoms with Crippen molar-refractivity contribution in [3.63, 3.8) is 0 Å². The van der Waals surface area contributed by atoms with Crippen LogP contribution in [0.3, 0.4) is 0 Å². The average Bonchev–Trinajstić information content (AvgIpc) is 3.30. The number of benzene rings is 1. The first-order chi connectivity index (χ1) is 12.6. The number of carbonyl (C=O) groups excluding carboxylic acids is 1. The number of rotatable bonds is 4. The summed E-state index contributed by atoms with van der Waals surface area (Å²) in [6.45, 7) is 0. The Bertz CT molecular complexity index is 1090. The highest BCUT2D eigenvalue weighted by molar-refractivity contribution is 7.25. The van der Waals surface area contributed by atoms with E-state index in [2.05, 4.69) is 9.97 Å². The minimum Gasteiger partial charge on any atom is -0.464 e. The molecule has 130 valence electrons. The summed E-state index contributed by atoms with van der Waals surface area (Å²) in [5, 5.41) is 4.03. The summed E-state index contributed by atoms with van der Waals surface area (Å²) in [6.07, 6.45) is 3.46. The minimum atomic E-state index is -0.443. The third-order valence-electron chi connectivity index (χ3n) is 3.56. The first-order valence-electron chi connectivity index (χ1n) is 7.49. The van der Waals surface area contributed by atoms with Gasteiger partial charge in [0.05, 0.1) is 22.9 Å². The average molecular weight is 403 g/mol. The molecule has 0 saturated carbocycles. The number of thiophene rings is 1. The van der Waals surface area contributed by atoms with Gasteiger partial charge in [0, 0.05) is 22.0 Å². The van der Waals surface area contributed by atoms with Crippen LogP contribution in [-0.2, 0) is 4.74 Å². The molecule has 0 unspecified atom stereocenters. The van der Waals surface area contributed by atoms with E-state index in [0.29, 0.717) is 22.2 Å². The van der Waals surface area contributed by atoms with Gasteiger partial charge in [-0.2, -0.15) is 0 Å². The molecule has 0 spiro atoms. The predicted molar refractivity (Wildman–Crippen MR) is 104 cm³/mol.